The molecule has 0 saturated heterocycles. The number of rotatable bonds is 5. The smallest absolute Gasteiger partial charge is 0.326 e. The topological polar surface area (TPSA) is 59.3 Å². The van der Waals surface area contributed by atoms with E-state index in [1.807, 2.05) is 13.8 Å². The molecule has 1 aromatic rings. The second-order valence-corrected chi connectivity index (χ2v) is 3.94. The van der Waals surface area contributed by atoms with Gasteiger partial charge >= 0.3 is 5.97 Å². The Labute approximate surface area is 101 Å². The molecule has 0 amide bonds. The fourth-order valence-electron chi connectivity index (χ4n) is 1.57. The number of carboxylic acids is 1. The van der Waals surface area contributed by atoms with Crippen LogP contribution >= 0.6 is 12.4 Å². The molecule has 90 valence electrons. The summed E-state index contributed by atoms with van der Waals surface area (Å²) in [5, 5.41) is 9.08. The zero-order chi connectivity index (χ0) is 11.4. The minimum Gasteiger partial charge on any atom is -0.480 e. The van der Waals surface area contributed by atoms with Crippen LogP contribution in [0, 0.1) is 5.92 Å². The first-order valence-electron chi connectivity index (χ1n) is 4.91. The molecular weight excluding hydrogens is 230 g/mol. The van der Waals surface area contributed by atoms with E-state index in [1.165, 1.54) is 4.57 Å². The van der Waals surface area contributed by atoms with Crippen LogP contribution in [-0.2, 0) is 4.79 Å². The summed E-state index contributed by atoms with van der Waals surface area (Å²) in [4.78, 5) is 21.8. The largest absolute Gasteiger partial charge is 0.480 e. The van der Waals surface area contributed by atoms with Crippen molar-refractivity contribution in [3.63, 3.8) is 0 Å². The average molecular weight is 246 g/mol. The fraction of sp³-hybridized carbons (Fsp3) is 0.455. The van der Waals surface area contributed by atoms with Crippen molar-refractivity contribution < 1.29 is 14.7 Å². The van der Waals surface area contributed by atoms with Gasteiger partial charge in [0.1, 0.15) is 6.04 Å². The van der Waals surface area contributed by atoms with E-state index in [4.69, 9.17) is 5.11 Å². The molecule has 1 rings (SSSR count). The maximum Gasteiger partial charge on any atom is 0.326 e. The number of nitrogens with zero attached hydrogens (tertiary/aromatic N) is 1. The van der Waals surface area contributed by atoms with E-state index < -0.39 is 12.0 Å². The predicted octanol–water partition coefficient (Wildman–Crippen LogP) is 2.39. The van der Waals surface area contributed by atoms with E-state index in [0.29, 0.717) is 18.4 Å². The lowest BCUT2D eigenvalue weighted by Gasteiger charge is -2.17. The third kappa shape index (κ3) is 3.38. The molecule has 0 bridgehead atoms. The van der Waals surface area contributed by atoms with Gasteiger partial charge in [-0.25, -0.2) is 4.79 Å². The van der Waals surface area contributed by atoms with Crippen molar-refractivity contribution in [2.45, 2.75) is 26.3 Å². The molecule has 5 heteroatoms. The van der Waals surface area contributed by atoms with Gasteiger partial charge < -0.3 is 9.67 Å². The molecule has 16 heavy (non-hydrogen) atoms. The molecule has 0 saturated carbocycles. The van der Waals surface area contributed by atoms with Gasteiger partial charge in [0.15, 0.2) is 6.29 Å². The zero-order valence-corrected chi connectivity index (χ0v) is 10.1. The van der Waals surface area contributed by atoms with Crippen LogP contribution in [0.15, 0.2) is 18.3 Å². The van der Waals surface area contributed by atoms with Gasteiger partial charge in [0.2, 0.25) is 0 Å². The van der Waals surface area contributed by atoms with E-state index in [-0.39, 0.29) is 18.3 Å². The van der Waals surface area contributed by atoms with Gasteiger partial charge in [-0.05, 0) is 24.5 Å². The molecule has 1 atom stereocenters. The van der Waals surface area contributed by atoms with Gasteiger partial charge in [-0.1, -0.05) is 13.8 Å². The van der Waals surface area contributed by atoms with Crippen molar-refractivity contribution in [1.82, 2.24) is 4.57 Å². The highest BCUT2D eigenvalue weighted by molar-refractivity contribution is 5.85. The maximum atomic E-state index is 11.1. The van der Waals surface area contributed by atoms with Gasteiger partial charge in [0.05, 0.1) is 5.69 Å². The van der Waals surface area contributed by atoms with Crippen LogP contribution in [0.5, 0.6) is 0 Å². The fourth-order valence-corrected chi connectivity index (χ4v) is 1.57. The molecule has 0 aliphatic rings. The summed E-state index contributed by atoms with van der Waals surface area (Å²) >= 11 is 0. The lowest BCUT2D eigenvalue weighted by Crippen LogP contribution is -2.21. The van der Waals surface area contributed by atoms with Crippen molar-refractivity contribution in [1.29, 1.82) is 0 Å². The highest BCUT2D eigenvalue weighted by Gasteiger charge is 2.21. The van der Waals surface area contributed by atoms with Crippen LogP contribution in [-0.4, -0.2) is 21.9 Å². The number of carbonyl (C=O) groups excluding carboxylic acids is 1. The lowest BCUT2D eigenvalue weighted by molar-refractivity contribution is -0.141. The first-order valence-corrected chi connectivity index (χ1v) is 4.91. The minimum atomic E-state index is -0.900. The molecule has 0 aliphatic carbocycles. The van der Waals surface area contributed by atoms with Crippen LogP contribution < -0.4 is 0 Å². The molecule has 1 heterocycles. The monoisotopic (exact) mass is 245 g/mol. The molecule has 4 nitrogen and oxygen atoms in total. The third-order valence-corrected chi connectivity index (χ3v) is 2.25. The predicted molar refractivity (Wildman–Crippen MR) is 63.2 cm³/mol. The summed E-state index contributed by atoms with van der Waals surface area (Å²) in [6, 6.07) is 2.64. The number of carbonyl (C=O) groups is 2. The number of carboxylic acid groups (broad SMARTS) is 1. The van der Waals surface area contributed by atoms with Crippen molar-refractivity contribution in [2.75, 3.05) is 0 Å². The third-order valence-electron chi connectivity index (χ3n) is 2.25. The molecule has 0 unspecified atom stereocenters. The quantitative estimate of drug-likeness (QED) is 0.811. The highest BCUT2D eigenvalue weighted by Crippen LogP contribution is 2.19. The Balaban J connectivity index is 0.00000225. The van der Waals surface area contributed by atoms with Crippen LogP contribution in [0.3, 0.4) is 0 Å². The first kappa shape index (κ1) is 14.7. The number of aliphatic carboxylic acids is 1. The maximum absolute atomic E-state index is 11.1. The van der Waals surface area contributed by atoms with Crippen LogP contribution in [0.25, 0.3) is 0 Å². The van der Waals surface area contributed by atoms with E-state index in [2.05, 4.69) is 0 Å². The Morgan fingerprint density at radius 1 is 1.56 bits per heavy atom. The van der Waals surface area contributed by atoms with Crippen molar-refractivity contribution in [3.8, 4) is 0 Å². The summed E-state index contributed by atoms with van der Waals surface area (Å²) in [5.74, 6) is -0.629. The Hall–Kier alpha value is -1.29. The second kappa shape index (κ2) is 6.33. The Kier molecular flexibility index (Phi) is 5.82. The molecule has 0 fully saturated rings. The number of aromatic nitrogens is 1. The molecule has 0 spiro atoms. The van der Waals surface area contributed by atoms with Gasteiger partial charge in [0.25, 0.3) is 0 Å². The lowest BCUT2D eigenvalue weighted by atomic mass is 10.0. The number of hydrogen-bond acceptors (Lipinski definition) is 2. The minimum absolute atomic E-state index is 0. The van der Waals surface area contributed by atoms with Crippen molar-refractivity contribution in [3.05, 3.63) is 24.0 Å². The highest BCUT2D eigenvalue weighted by atomic mass is 35.5. The van der Waals surface area contributed by atoms with Gasteiger partial charge in [-0.3, -0.25) is 4.79 Å². The van der Waals surface area contributed by atoms with Crippen LogP contribution in [0.4, 0.5) is 0 Å². The van der Waals surface area contributed by atoms with Gasteiger partial charge in [-0.2, -0.15) is 0 Å². The number of halogens is 1. The standard InChI is InChI=1S/C11H15NO3.ClH/c1-8(2)6-10(11(14)15)12-5-3-4-9(12)7-13;/h3-5,7-8,10H,6H2,1-2H3,(H,14,15);1H/t10-;/m0./s1. The van der Waals surface area contributed by atoms with E-state index >= 15 is 0 Å². The molecule has 0 radical (unpaired) electrons. The summed E-state index contributed by atoms with van der Waals surface area (Å²) in [5.41, 5.74) is 0.406. The summed E-state index contributed by atoms with van der Waals surface area (Å²) in [6.07, 6.45) is 2.83. The first-order chi connectivity index (χ1) is 7.06. The normalized spacial score (nSPS) is 11.9. The Bertz CT molecular complexity index is 360. The number of aldehydes is 1. The Morgan fingerprint density at radius 3 is 2.62 bits per heavy atom. The molecule has 1 aromatic heterocycles. The summed E-state index contributed by atoms with van der Waals surface area (Å²) in [6.45, 7) is 3.92. The van der Waals surface area contributed by atoms with Crippen LogP contribution in [0.2, 0.25) is 0 Å². The molecule has 0 aromatic carbocycles. The average Bonchev–Trinajstić information content (AvgIpc) is 2.60. The number of hydrogen-bond donors (Lipinski definition) is 1. The summed E-state index contributed by atoms with van der Waals surface area (Å²) < 4.78 is 1.51. The Morgan fingerprint density at radius 2 is 2.19 bits per heavy atom. The molecule has 0 aliphatic heterocycles. The van der Waals surface area contributed by atoms with Crippen molar-refractivity contribution >= 4 is 24.7 Å². The van der Waals surface area contributed by atoms with E-state index in [9.17, 15) is 9.59 Å². The van der Waals surface area contributed by atoms with Crippen LogP contribution in [0.1, 0.15) is 36.8 Å². The molecular formula is C11H16ClNO3. The van der Waals surface area contributed by atoms with E-state index in [0.717, 1.165) is 0 Å². The SMILES string of the molecule is CC(C)C[C@@H](C(=O)O)n1cccc1C=O.Cl. The second-order valence-electron chi connectivity index (χ2n) is 3.94. The van der Waals surface area contributed by atoms with E-state index in [1.54, 1.807) is 18.3 Å². The summed E-state index contributed by atoms with van der Waals surface area (Å²) in [7, 11) is 0. The van der Waals surface area contributed by atoms with Gasteiger partial charge in [-0.15, -0.1) is 12.4 Å². The van der Waals surface area contributed by atoms with Gasteiger partial charge in [0, 0.05) is 6.20 Å². The molecule has 1 N–H and O–H groups in total. The zero-order valence-electron chi connectivity index (χ0n) is 9.29. The van der Waals surface area contributed by atoms with Crippen molar-refractivity contribution in [2.24, 2.45) is 5.92 Å².